The number of fused-ring (bicyclic) bond motifs is 3. The first-order valence-electron chi connectivity index (χ1n) is 7.14. The molecule has 0 spiro atoms. The molecule has 0 unspecified atom stereocenters. The molecule has 6 heteroatoms. The van der Waals surface area contributed by atoms with Gasteiger partial charge in [0.1, 0.15) is 5.52 Å². The van der Waals surface area contributed by atoms with Gasteiger partial charge in [-0.2, -0.15) is 5.10 Å². The second kappa shape index (κ2) is 4.96. The van der Waals surface area contributed by atoms with Crippen molar-refractivity contribution in [3.05, 3.63) is 39.2 Å². The highest BCUT2D eigenvalue weighted by Gasteiger charge is 2.19. The Morgan fingerprint density at radius 3 is 2.90 bits per heavy atom. The van der Waals surface area contributed by atoms with Crippen LogP contribution in [0.4, 0.5) is 0 Å². The molecule has 0 radical (unpaired) electrons. The number of nitrogens with zero attached hydrogens (tertiary/aromatic N) is 2. The van der Waals surface area contributed by atoms with Crippen molar-refractivity contribution in [1.82, 2.24) is 20.1 Å². The molecule has 2 N–H and O–H groups in total. The smallest absolute Gasteiger partial charge is 0.291 e. The van der Waals surface area contributed by atoms with E-state index in [-0.39, 0.29) is 11.6 Å². The lowest BCUT2D eigenvalue weighted by Crippen LogP contribution is -2.35. The molecule has 0 saturated carbocycles. The van der Waals surface area contributed by atoms with Crippen LogP contribution >= 0.6 is 15.9 Å². The van der Waals surface area contributed by atoms with Gasteiger partial charge < -0.3 is 10.3 Å². The Balaban J connectivity index is 1.97. The van der Waals surface area contributed by atoms with Gasteiger partial charge in [0, 0.05) is 20.8 Å². The molecule has 3 aromatic rings. The van der Waals surface area contributed by atoms with Gasteiger partial charge in [-0.1, -0.05) is 22.0 Å². The van der Waals surface area contributed by atoms with E-state index in [9.17, 15) is 4.79 Å². The van der Waals surface area contributed by atoms with E-state index >= 15 is 0 Å². The maximum Gasteiger partial charge on any atom is 0.291 e. The number of nitrogens with one attached hydrogen (secondary N) is 2. The van der Waals surface area contributed by atoms with E-state index < -0.39 is 0 Å². The second-order valence-corrected chi connectivity index (χ2v) is 6.31. The van der Waals surface area contributed by atoms with Crippen LogP contribution in [-0.2, 0) is 0 Å². The Labute approximate surface area is 129 Å². The molecule has 0 aliphatic carbocycles. The summed E-state index contributed by atoms with van der Waals surface area (Å²) < 4.78 is 2.62. The van der Waals surface area contributed by atoms with Crippen molar-refractivity contribution < 1.29 is 0 Å². The van der Waals surface area contributed by atoms with Crippen LogP contribution in [0.25, 0.3) is 21.8 Å². The number of aromatic amines is 1. The van der Waals surface area contributed by atoms with Crippen molar-refractivity contribution >= 4 is 37.7 Å². The number of hydrogen-bond donors (Lipinski definition) is 2. The van der Waals surface area contributed by atoms with Crippen LogP contribution < -0.4 is 10.9 Å². The summed E-state index contributed by atoms with van der Waals surface area (Å²) in [4.78, 5) is 16.0. The predicted octanol–water partition coefficient (Wildman–Crippen LogP) is 2.56. The van der Waals surface area contributed by atoms with E-state index in [1.807, 2.05) is 24.4 Å². The van der Waals surface area contributed by atoms with Gasteiger partial charge in [0.25, 0.3) is 5.56 Å². The fraction of sp³-hybridized carbons (Fsp3) is 0.333. The molecule has 2 aromatic heterocycles. The molecule has 1 fully saturated rings. The van der Waals surface area contributed by atoms with Crippen molar-refractivity contribution in [2.24, 2.45) is 0 Å². The highest BCUT2D eigenvalue weighted by Crippen LogP contribution is 2.30. The molecule has 4 rings (SSSR count). The lowest BCUT2D eigenvalue weighted by Gasteiger charge is -2.23. The van der Waals surface area contributed by atoms with Gasteiger partial charge in [0.2, 0.25) is 0 Å². The maximum absolute atomic E-state index is 12.7. The monoisotopic (exact) mass is 346 g/mol. The Kier molecular flexibility index (Phi) is 3.08. The minimum Gasteiger partial charge on any atom is -0.350 e. The van der Waals surface area contributed by atoms with Crippen LogP contribution in [0, 0.1) is 0 Å². The first-order valence-corrected chi connectivity index (χ1v) is 7.93. The van der Waals surface area contributed by atoms with Gasteiger partial charge in [0.05, 0.1) is 12.2 Å². The predicted molar refractivity (Wildman–Crippen MR) is 86.7 cm³/mol. The van der Waals surface area contributed by atoms with Crippen LogP contribution in [0.1, 0.15) is 18.9 Å². The molecule has 5 nitrogen and oxygen atoms in total. The number of rotatable bonds is 1. The zero-order valence-corrected chi connectivity index (χ0v) is 13.0. The zero-order chi connectivity index (χ0) is 14.4. The fourth-order valence-corrected chi connectivity index (χ4v) is 3.70. The standard InChI is InChI=1S/C15H15BrN4O/c16-11-2-1-3-12-13(11)10-8-18-20(15(21)14(10)19-12)9-4-6-17-7-5-9/h1-3,8-9,17,19H,4-7H2. The zero-order valence-electron chi connectivity index (χ0n) is 11.4. The molecule has 21 heavy (non-hydrogen) atoms. The van der Waals surface area contributed by atoms with Crippen molar-refractivity contribution in [2.75, 3.05) is 13.1 Å². The number of aromatic nitrogens is 3. The molecule has 3 heterocycles. The van der Waals surface area contributed by atoms with E-state index in [2.05, 4.69) is 31.3 Å². The summed E-state index contributed by atoms with van der Waals surface area (Å²) in [5.74, 6) is 0. The van der Waals surface area contributed by atoms with E-state index in [0.29, 0.717) is 5.52 Å². The first-order chi connectivity index (χ1) is 10.3. The van der Waals surface area contributed by atoms with Crippen LogP contribution in [0.2, 0.25) is 0 Å². The van der Waals surface area contributed by atoms with Crippen LogP contribution in [-0.4, -0.2) is 27.9 Å². The molecule has 0 amide bonds. The Bertz CT molecular complexity index is 876. The van der Waals surface area contributed by atoms with Crippen LogP contribution in [0.15, 0.2) is 33.7 Å². The van der Waals surface area contributed by atoms with Gasteiger partial charge >= 0.3 is 0 Å². The lowest BCUT2D eigenvalue weighted by molar-refractivity contribution is 0.333. The molecule has 1 aliphatic rings. The van der Waals surface area contributed by atoms with Gasteiger partial charge in [-0.15, -0.1) is 0 Å². The molecular formula is C15H15BrN4O. The van der Waals surface area contributed by atoms with E-state index in [4.69, 9.17) is 0 Å². The number of piperidine rings is 1. The fourth-order valence-electron chi connectivity index (χ4n) is 3.13. The van der Waals surface area contributed by atoms with E-state index in [0.717, 1.165) is 46.7 Å². The lowest BCUT2D eigenvalue weighted by atomic mass is 10.1. The van der Waals surface area contributed by atoms with E-state index in [1.54, 1.807) is 4.68 Å². The normalized spacial score (nSPS) is 16.8. The van der Waals surface area contributed by atoms with Crippen molar-refractivity contribution in [3.63, 3.8) is 0 Å². The first kappa shape index (κ1) is 13.0. The third-order valence-corrected chi connectivity index (χ3v) is 4.86. The number of H-pyrrole nitrogens is 1. The summed E-state index contributed by atoms with van der Waals surface area (Å²) >= 11 is 3.55. The molecule has 1 aromatic carbocycles. The quantitative estimate of drug-likeness (QED) is 0.711. The minimum absolute atomic E-state index is 0.0255. The largest absolute Gasteiger partial charge is 0.350 e. The van der Waals surface area contributed by atoms with Gasteiger partial charge in [-0.25, -0.2) is 4.68 Å². The summed E-state index contributed by atoms with van der Waals surface area (Å²) in [6.07, 6.45) is 3.70. The summed E-state index contributed by atoms with van der Waals surface area (Å²) in [6, 6.07) is 6.11. The molecule has 0 bridgehead atoms. The van der Waals surface area contributed by atoms with Crippen molar-refractivity contribution in [1.29, 1.82) is 0 Å². The van der Waals surface area contributed by atoms with Crippen molar-refractivity contribution in [3.8, 4) is 0 Å². The SMILES string of the molecule is O=c1c2[nH]c3cccc(Br)c3c2cnn1C1CCNCC1. The summed E-state index contributed by atoms with van der Waals surface area (Å²) in [7, 11) is 0. The van der Waals surface area contributed by atoms with Gasteiger partial charge in [-0.05, 0) is 38.1 Å². The Morgan fingerprint density at radius 2 is 2.10 bits per heavy atom. The summed E-state index contributed by atoms with van der Waals surface area (Å²) in [5, 5.41) is 9.65. The van der Waals surface area contributed by atoms with Gasteiger partial charge in [0.15, 0.2) is 0 Å². The third kappa shape index (κ3) is 2.01. The van der Waals surface area contributed by atoms with Crippen LogP contribution in [0.3, 0.4) is 0 Å². The minimum atomic E-state index is -0.0255. The average Bonchev–Trinajstić information content (AvgIpc) is 2.89. The topological polar surface area (TPSA) is 62.7 Å². The Hall–Kier alpha value is -1.66. The number of benzene rings is 1. The second-order valence-electron chi connectivity index (χ2n) is 5.45. The molecule has 108 valence electrons. The molecule has 1 saturated heterocycles. The summed E-state index contributed by atoms with van der Waals surface area (Å²) in [6.45, 7) is 1.88. The molecule has 1 aliphatic heterocycles. The van der Waals surface area contributed by atoms with Gasteiger partial charge in [-0.3, -0.25) is 4.79 Å². The number of halogens is 1. The molecule has 0 atom stereocenters. The summed E-state index contributed by atoms with van der Waals surface area (Å²) in [5.41, 5.74) is 1.58. The average molecular weight is 347 g/mol. The Morgan fingerprint density at radius 1 is 1.29 bits per heavy atom. The maximum atomic E-state index is 12.7. The molecular weight excluding hydrogens is 332 g/mol. The highest BCUT2D eigenvalue weighted by atomic mass is 79.9. The van der Waals surface area contributed by atoms with Crippen molar-refractivity contribution in [2.45, 2.75) is 18.9 Å². The van der Waals surface area contributed by atoms with E-state index in [1.165, 1.54) is 0 Å². The third-order valence-electron chi connectivity index (χ3n) is 4.20. The van der Waals surface area contributed by atoms with Crippen LogP contribution in [0.5, 0.6) is 0 Å². The number of hydrogen-bond acceptors (Lipinski definition) is 3. The highest BCUT2D eigenvalue weighted by molar-refractivity contribution is 9.10.